The predicted molar refractivity (Wildman–Crippen MR) is 75.8 cm³/mol. The van der Waals surface area contributed by atoms with E-state index in [-0.39, 0.29) is 12.4 Å². The second-order valence-corrected chi connectivity index (χ2v) is 4.50. The molecule has 0 aromatic rings. The summed E-state index contributed by atoms with van der Waals surface area (Å²) >= 11 is 0. The summed E-state index contributed by atoms with van der Waals surface area (Å²) in [6.07, 6.45) is 7.26. The van der Waals surface area contributed by atoms with Crippen LogP contribution in [0.2, 0.25) is 0 Å². The first-order valence-corrected chi connectivity index (χ1v) is 7.63. The molecule has 0 N–H and O–H groups in total. The van der Waals surface area contributed by atoms with Crippen LogP contribution in [-0.2, 0) is 14.2 Å². The number of ether oxygens (including phenoxy) is 3. The van der Waals surface area contributed by atoms with E-state index in [1.807, 2.05) is 13.8 Å². The van der Waals surface area contributed by atoms with Crippen molar-refractivity contribution in [2.24, 2.45) is 0 Å². The van der Waals surface area contributed by atoms with Crippen molar-refractivity contribution in [3.63, 3.8) is 0 Å². The smallest absolute Gasteiger partial charge is 0.160 e. The fourth-order valence-electron chi connectivity index (χ4n) is 2.07. The first-order chi connectivity index (χ1) is 8.78. The molecule has 0 heterocycles. The van der Waals surface area contributed by atoms with E-state index in [0.29, 0.717) is 13.2 Å². The summed E-state index contributed by atoms with van der Waals surface area (Å²) in [4.78, 5) is 0. The minimum absolute atomic E-state index is 0.109. The van der Waals surface area contributed by atoms with Crippen LogP contribution in [0.25, 0.3) is 0 Å². The molecule has 1 unspecified atom stereocenters. The lowest BCUT2D eigenvalue weighted by molar-refractivity contribution is -0.157. The lowest BCUT2D eigenvalue weighted by Gasteiger charge is -2.23. The molecular formula is C15H32O3. The van der Waals surface area contributed by atoms with Gasteiger partial charge in [-0.2, -0.15) is 0 Å². The molecule has 0 rings (SSSR count). The Balaban J connectivity index is 3.96. The molecule has 0 bridgehead atoms. The van der Waals surface area contributed by atoms with Gasteiger partial charge in [0.25, 0.3) is 0 Å². The van der Waals surface area contributed by atoms with Gasteiger partial charge in [-0.05, 0) is 27.2 Å². The highest BCUT2D eigenvalue weighted by Gasteiger charge is 2.16. The number of rotatable bonds is 13. The Labute approximate surface area is 113 Å². The zero-order chi connectivity index (χ0) is 13.6. The van der Waals surface area contributed by atoms with E-state index in [1.54, 1.807) is 0 Å². The Morgan fingerprint density at radius 3 is 1.83 bits per heavy atom. The zero-order valence-electron chi connectivity index (χ0n) is 12.7. The van der Waals surface area contributed by atoms with Crippen LogP contribution >= 0.6 is 0 Å². The van der Waals surface area contributed by atoms with Crippen LogP contribution < -0.4 is 0 Å². The second kappa shape index (κ2) is 13.3. The molecule has 0 aliphatic carbocycles. The highest BCUT2D eigenvalue weighted by Crippen LogP contribution is 2.15. The summed E-state index contributed by atoms with van der Waals surface area (Å²) in [5.74, 6) is 0. The van der Waals surface area contributed by atoms with Gasteiger partial charge in [0.1, 0.15) is 0 Å². The summed E-state index contributed by atoms with van der Waals surface area (Å²) in [5, 5.41) is 0. The van der Waals surface area contributed by atoms with Gasteiger partial charge in [-0.25, -0.2) is 0 Å². The highest BCUT2D eigenvalue weighted by atomic mass is 16.7. The van der Waals surface area contributed by atoms with Gasteiger partial charge in [0.2, 0.25) is 0 Å². The maximum absolute atomic E-state index is 5.79. The van der Waals surface area contributed by atoms with Crippen molar-refractivity contribution in [1.82, 2.24) is 0 Å². The van der Waals surface area contributed by atoms with Gasteiger partial charge in [-0.1, -0.05) is 32.6 Å². The van der Waals surface area contributed by atoms with Crippen molar-refractivity contribution in [2.75, 3.05) is 19.8 Å². The van der Waals surface area contributed by atoms with Gasteiger partial charge in [0, 0.05) is 26.2 Å². The van der Waals surface area contributed by atoms with Crippen molar-refractivity contribution < 1.29 is 14.2 Å². The van der Waals surface area contributed by atoms with E-state index >= 15 is 0 Å². The van der Waals surface area contributed by atoms with Gasteiger partial charge < -0.3 is 14.2 Å². The van der Waals surface area contributed by atoms with Gasteiger partial charge in [0.05, 0.1) is 6.10 Å². The van der Waals surface area contributed by atoms with E-state index in [9.17, 15) is 0 Å². The molecule has 0 saturated heterocycles. The molecule has 0 aromatic carbocycles. The molecule has 1 atom stereocenters. The summed E-state index contributed by atoms with van der Waals surface area (Å²) < 4.78 is 17.0. The average molecular weight is 260 g/mol. The minimum atomic E-state index is -0.109. The second-order valence-electron chi connectivity index (χ2n) is 4.50. The Morgan fingerprint density at radius 1 is 0.722 bits per heavy atom. The standard InChI is InChI=1S/C15H32O3/c1-5-9-10-11-12-14(16-6-2)13-15(17-7-3)18-8-4/h14-15H,5-13H2,1-4H3. The van der Waals surface area contributed by atoms with Crippen LogP contribution in [0.15, 0.2) is 0 Å². The van der Waals surface area contributed by atoms with Crippen molar-refractivity contribution in [1.29, 1.82) is 0 Å². The van der Waals surface area contributed by atoms with E-state index in [2.05, 4.69) is 13.8 Å². The minimum Gasteiger partial charge on any atom is -0.378 e. The summed E-state index contributed by atoms with van der Waals surface area (Å²) in [6, 6.07) is 0. The molecule has 18 heavy (non-hydrogen) atoms. The Hall–Kier alpha value is -0.120. The molecule has 0 aromatic heterocycles. The summed E-state index contributed by atoms with van der Waals surface area (Å²) in [6.45, 7) is 10.4. The monoisotopic (exact) mass is 260 g/mol. The third kappa shape index (κ3) is 9.86. The normalized spacial score (nSPS) is 13.2. The average Bonchev–Trinajstić information content (AvgIpc) is 2.35. The van der Waals surface area contributed by atoms with Crippen LogP contribution in [0, 0.1) is 0 Å². The number of hydrogen-bond acceptors (Lipinski definition) is 3. The molecule has 110 valence electrons. The third-order valence-corrected chi connectivity index (χ3v) is 2.94. The topological polar surface area (TPSA) is 27.7 Å². The lowest BCUT2D eigenvalue weighted by atomic mass is 10.1. The molecule has 0 radical (unpaired) electrons. The van der Waals surface area contributed by atoms with E-state index in [1.165, 1.54) is 25.7 Å². The van der Waals surface area contributed by atoms with E-state index in [0.717, 1.165) is 19.4 Å². The molecule has 0 amide bonds. The zero-order valence-corrected chi connectivity index (χ0v) is 12.7. The molecule has 0 aliphatic heterocycles. The first-order valence-electron chi connectivity index (χ1n) is 7.63. The number of hydrogen-bond donors (Lipinski definition) is 0. The fraction of sp³-hybridized carbons (Fsp3) is 1.00. The summed E-state index contributed by atoms with van der Waals surface area (Å²) in [7, 11) is 0. The maximum atomic E-state index is 5.79. The van der Waals surface area contributed by atoms with Gasteiger partial charge >= 0.3 is 0 Å². The van der Waals surface area contributed by atoms with Crippen LogP contribution in [0.3, 0.4) is 0 Å². The summed E-state index contributed by atoms with van der Waals surface area (Å²) in [5.41, 5.74) is 0. The van der Waals surface area contributed by atoms with Crippen LogP contribution in [0.5, 0.6) is 0 Å². The molecule has 0 spiro atoms. The molecule has 0 aliphatic rings. The van der Waals surface area contributed by atoms with Gasteiger partial charge in [0.15, 0.2) is 6.29 Å². The van der Waals surface area contributed by atoms with Gasteiger partial charge in [-0.3, -0.25) is 0 Å². The van der Waals surface area contributed by atoms with Crippen LogP contribution in [0.4, 0.5) is 0 Å². The first kappa shape index (κ1) is 17.9. The van der Waals surface area contributed by atoms with Crippen molar-refractivity contribution in [3.8, 4) is 0 Å². The SMILES string of the molecule is CCCCCCC(CC(OCC)OCC)OCC. The highest BCUT2D eigenvalue weighted by molar-refractivity contribution is 4.62. The Kier molecular flexibility index (Phi) is 13.2. The Bertz CT molecular complexity index is 156. The van der Waals surface area contributed by atoms with Crippen molar-refractivity contribution >= 4 is 0 Å². The largest absolute Gasteiger partial charge is 0.378 e. The number of unbranched alkanes of at least 4 members (excludes halogenated alkanes) is 3. The van der Waals surface area contributed by atoms with Crippen LogP contribution in [-0.4, -0.2) is 32.2 Å². The predicted octanol–water partition coefficient (Wildman–Crippen LogP) is 4.15. The van der Waals surface area contributed by atoms with E-state index < -0.39 is 0 Å². The Morgan fingerprint density at radius 2 is 1.33 bits per heavy atom. The molecular weight excluding hydrogens is 228 g/mol. The fourth-order valence-corrected chi connectivity index (χ4v) is 2.07. The van der Waals surface area contributed by atoms with Crippen molar-refractivity contribution in [2.45, 2.75) is 78.6 Å². The lowest BCUT2D eigenvalue weighted by Crippen LogP contribution is -2.26. The van der Waals surface area contributed by atoms with Gasteiger partial charge in [-0.15, -0.1) is 0 Å². The molecule has 3 nitrogen and oxygen atoms in total. The molecule has 3 heteroatoms. The molecule has 0 fully saturated rings. The van der Waals surface area contributed by atoms with E-state index in [4.69, 9.17) is 14.2 Å². The quantitative estimate of drug-likeness (QED) is 0.368. The molecule has 0 saturated carbocycles. The maximum Gasteiger partial charge on any atom is 0.160 e. The third-order valence-electron chi connectivity index (χ3n) is 2.94. The van der Waals surface area contributed by atoms with Crippen LogP contribution in [0.1, 0.15) is 66.2 Å². The van der Waals surface area contributed by atoms with Crippen molar-refractivity contribution in [3.05, 3.63) is 0 Å².